The number of nitrogens with two attached hydrogens (primary N) is 1. The lowest BCUT2D eigenvalue weighted by Crippen LogP contribution is -2.33. The van der Waals surface area contributed by atoms with Gasteiger partial charge in [0.2, 0.25) is 11.8 Å². The summed E-state index contributed by atoms with van der Waals surface area (Å²) in [5, 5.41) is 9.68. The van der Waals surface area contributed by atoms with Crippen LogP contribution in [-0.2, 0) is 16.1 Å². The molecular weight excluding hydrogens is 344 g/mol. The van der Waals surface area contributed by atoms with E-state index in [0.717, 1.165) is 31.5 Å². The van der Waals surface area contributed by atoms with Crippen LogP contribution in [-0.4, -0.2) is 45.0 Å². The summed E-state index contributed by atoms with van der Waals surface area (Å²) in [6.07, 6.45) is 2.23. The first-order valence-corrected chi connectivity index (χ1v) is 9.36. The maximum Gasteiger partial charge on any atom is 0.224 e. The summed E-state index contributed by atoms with van der Waals surface area (Å²) < 4.78 is 0. The van der Waals surface area contributed by atoms with Crippen molar-refractivity contribution in [2.45, 2.75) is 46.1 Å². The van der Waals surface area contributed by atoms with E-state index in [0.29, 0.717) is 23.9 Å². The highest BCUT2D eigenvalue weighted by Gasteiger charge is 2.14. The molecule has 0 bridgehead atoms. The maximum absolute atomic E-state index is 12.2. The molecule has 8 heteroatoms. The van der Waals surface area contributed by atoms with Crippen molar-refractivity contribution in [1.82, 2.24) is 20.1 Å². The van der Waals surface area contributed by atoms with Crippen molar-refractivity contribution in [2.24, 2.45) is 5.73 Å². The number of carbonyl (C=O) groups excluding carboxylic acids is 2. The van der Waals surface area contributed by atoms with E-state index in [2.05, 4.69) is 20.5 Å². The molecule has 146 valence electrons. The van der Waals surface area contributed by atoms with Crippen LogP contribution in [0.15, 0.2) is 24.3 Å². The van der Waals surface area contributed by atoms with Crippen LogP contribution in [0.2, 0.25) is 0 Å². The van der Waals surface area contributed by atoms with Crippen molar-refractivity contribution < 1.29 is 9.59 Å². The second kappa shape index (κ2) is 10.4. The molecule has 0 saturated carbocycles. The average Bonchev–Trinajstić information content (AvgIpc) is 3.16. The third-order valence-electron chi connectivity index (χ3n) is 4.06. The number of rotatable bonds is 10. The van der Waals surface area contributed by atoms with E-state index in [1.165, 1.54) is 0 Å². The van der Waals surface area contributed by atoms with Gasteiger partial charge in [0.25, 0.3) is 0 Å². The van der Waals surface area contributed by atoms with Crippen molar-refractivity contribution in [3.05, 3.63) is 30.1 Å². The van der Waals surface area contributed by atoms with Crippen LogP contribution in [0.3, 0.4) is 0 Å². The van der Waals surface area contributed by atoms with E-state index in [-0.39, 0.29) is 24.7 Å². The molecule has 4 N–H and O–H groups in total. The van der Waals surface area contributed by atoms with E-state index in [1.54, 1.807) is 12.1 Å². The number of amides is 2. The van der Waals surface area contributed by atoms with E-state index >= 15 is 0 Å². The Labute approximate surface area is 159 Å². The molecule has 1 heterocycles. The minimum Gasteiger partial charge on any atom is -0.343 e. The van der Waals surface area contributed by atoms with Crippen LogP contribution in [0.4, 0.5) is 5.69 Å². The van der Waals surface area contributed by atoms with E-state index < -0.39 is 0 Å². The first-order valence-electron chi connectivity index (χ1n) is 9.36. The summed E-state index contributed by atoms with van der Waals surface area (Å²) >= 11 is 0. The molecule has 8 nitrogen and oxygen atoms in total. The molecule has 2 amide bonds. The zero-order valence-electron chi connectivity index (χ0n) is 16.0. The summed E-state index contributed by atoms with van der Waals surface area (Å²) in [6, 6.07) is 7.23. The number of benzene rings is 1. The topological polar surface area (TPSA) is 117 Å². The third kappa shape index (κ3) is 6.18. The predicted octanol–water partition coefficient (Wildman–Crippen LogP) is 2.30. The highest BCUT2D eigenvalue weighted by Crippen LogP contribution is 2.18. The fourth-order valence-corrected chi connectivity index (χ4v) is 2.72. The molecule has 1 aromatic carbocycles. The Kier molecular flexibility index (Phi) is 7.94. The van der Waals surface area contributed by atoms with Gasteiger partial charge in [-0.1, -0.05) is 13.8 Å². The molecule has 0 unspecified atom stereocenters. The van der Waals surface area contributed by atoms with Crippen LogP contribution in [0.1, 0.15) is 45.4 Å². The third-order valence-corrected chi connectivity index (χ3v) is 4.06. The lowest BCUT2D eigenvalue weighted by Gasteiger charge is -2.21. The number of H-pyrrole nitrogens is 1. The Morgan fingerprint density at radius 2 is 1.78 bits per heavy atom. The van der Waals surface area contributed by atoms with Crippen LogP contribution in [0.25, 0.3) is 11.4 Å². The van der Waals surface area contributed by atoms with Gasteiger partial charge in [-0.15, -0.1) is 0 Å². The quantitative estimate of drug-likeness (QED) is 0.591. The first kappa shape index (κ1) is 20.6. The molecule has 0 saturated heterocycles. The van der Waals surface area contributed by atoms with Crippen LogP contribution in [0.5, 0.6) is 0 Å². The van der Waals surface area contributed by atoms with E-state index in [1.807, 2.05) is 30.9 Å². The van der Waals surface area contributed by atoms with Gasteiger partial charge in [0.15, 0.2) is 5.82 Å². The molecule has 1 aromatic heterocycles. The molecular formula is C19H28N6O2. The molecule has 0 atom stereocenters. The molecule has 0 spiro atoms. The van der Waals surface area contributed by atoms with Gasteiger partial charge < -0.3 is 16.0 Å². The maximum atomic E-state index is 12.2. The van der Waals surface area contributed by atoms with Gasteiger partial charge in [0, 0.05) is 37.2 Å². The van der Waals surface area contributed by atoms with E-state index in [9.17, 15) is 9.59 Å². The SMILES string of the molecule is CCCN(CCC)C(=O)CCC(=O)Nc1ccc(-c2n[nH]c(CN)n2)cc1. The van der Waals surface area contributed by atoms with Crippen molar-refractivity contribution in [2.75, 3.05) is 18.4 Å². The molecule has 2 aromatic rings. The average molecular weight is 372 g/mol. The minimum atomic E-state index is -0.174. The molecule has 27 heavy (non-hydrogen) atoms. The molecule has 0 aliphatic heterocycles. The largest absolute Gasteiger partial charge is 0.343 e. The number of nitrogens with one attached hydrogen (secondary N) is 2. The summed E-state index contributed by atoms with van der Waals surface area (Å²) in [5.41, 5.74) is 7.01. The number of hydrogen-bond acceptors (Lipinski definition) is 5. The second-order valence-corrected chi connectivity index (χ2v) is 6.32. The van der Waals surface area contributed by atoms with Crippen LogP contribution in [0, 0.1) is 0 Å². The fraction of sp³-hybridized carbons (Fsp3) is 0.474. The monoisotopic (exact) mass is 372 g/mol. The van der Waals surface area contributed by atoms with Crippen LogP contribution >= 0.6 is 0 Å². The number of carbonyl (C=O) groups is 2. The van der Waals surface area contributed by atoms with Gasteiger partial charge in [-0.2, -0.15) is 5.10 Å². The molecule has 0 radical (unpaired) electrons. The van der Waals surface area contributed by atoms with Gasteiger partial charge in [0.05, 0.1) is 6.54 Å². The van der Waals surface area contributed by atoms with Crippen LogP contribution < -0.4 is 11.1 Å². The molecule has 2 rings (SSSR count). The molecule has 0 aliphatic carbocycles. The van der Waals surface area contributed by atoms with Gasteiger partial charge >= 0.3 is 0 Å². The summed E-state index contributed by atoms with van der Waals surface area (Å²) in [4.78, 5) is 30.4. The van der Waals surface area contributed by atoms with Crippen molar-refractivity contribution in [3.8, 4) is 11.4 Å². The zero-order chi connectivity index (χ0) is 19.6. The van der Waals surface area contributed by atoms with E-state index in [4.69, 9.17) is 5.73 Å². The highest BCUT2D eigenvalue weighted by atomic mass is 16.2. The lowest BCUT2D eigenvalue weighted by molar-refractivity contribution is -0.132. The minimum absolute atomic E-state index is 0.0320. The lowest BCUT2D eigenvalue weighted by atomic mass is 10.2. The second-order valence-electron chi connectivity index (χ2n) is 6.32. The smallest absolute Gasteiger partial charge is 0.224 e. The van der Waals surface area contributed by atoms with Gasteiger partial charge in [0.1, 0.15) is 5.82 Å². The zero-order valence-corrected chi connectivity index (χ0v) is 16.0. The summed E-state index contributed by atoms with van der Waals surface area (Å²) in [7, 11) is 0. The Balaban J connectivity index is 1.85. The summed E-state index contributed by atoms with van der Waals surface area (Å²) in [6.45, 7) is 5.86. The fourth-order valence-electron chi connectivity index (χ4n) is 2.72. The number of anilines is 1. The Hall–Kier alpha value is -2.74. The number of aromatic amines is 1. The number of nitrogens with zero attached hydrogens (tertiary/aromatic N) is 3. The van der Waals surface area contributed by atoms with Gasteiger partial charge in [-0.3, -0.25) is 14.7 Å². The molecule has 0 aliphatic rings. The van der Waals surface area contributed by atoms with Crippen molar-refractivity contribution in [3.63, 3.8) is 0 Å². The van der Waals surface area contributed by atoms with Gasteiger partial charge in [-0.25, -0.2) is 4.98 Å². The first-order chi connectivity index (χ1) is 13.1. The molecule has 0 fully saturated rings. The standard InChI is InChI=1S/C19H28N6O2/c1-3-11-25(12-4-2)18(27)10-9-17(26)21-15-7-5-14(6-8-15)19-22-16(13-20)23-24-19/h5-8H,3-4,9-13,20H2,1-2H3,(H,21,26)(H,22,23,24). The number of aromatic nitrogens is 3. The highest BCUT2D eigenvalue weighted by molar-refractivity contribution is 5.93. The van der Waals surface area contributed by atoms with Gasteiger partial charge in [-0.05, 0) is 37.1 Å². The number of hydrogen-bond donors (Lipinski definition) is 3. The Bertz CT molecular complexity index is 735. The Morgan fingerprint density at radius 1 is 1.11 bits per heavy atom. The predicted molar refractivity (Wildman–Crippen MR) is 105 cm³/mol. The normalized spacial score (nSPS) is 10.6. The summed E-state index contributed by atoms with van der Waals surface area (Å²) in [5.74, 6) is 1.04. The van der Waals surface area contributed by atoms with Crippen molar-refractivity contribution >= 4 is 17.5 Å². The van der Waals surface area contributed by atoms with Crippen molar-refractivity contribution in [1.29, 1.82) is 0 Å². The Morgan fingerprint density at radius 3 is 2.33 bits per heavy atom.